The molecule has 4 rings (SSSR count). The molecule has 2 aromatic carbocycles. The van der Waals surface area contributed by atoms with Crippen LogP contribution in [0.5, 0.6) is 11.5 Å². The zero-order valence-corrected chi connectivity index (χ0v) is 19.4. The number of amides is 1. The van der Waals surface area contributed by atoms with E-state index in [1.807, 2.05) is 39.0 Å². The highest BCUT2D eigenvalue weighted by molar-refractivity contribution is 5.93. The summed E-state index contributed by atoms with van der Waals surface area (Å²) in [5.74, 6) is 1.15. The second kappa shape index (κ2) is 10.2. The van der Waals surface area contributed by atoms with E-state index in [2.05, 4.69) is 15.3 Å². The number of aryl methyl sites for hydroxylation is 3. The van der Waals surface area contributed by atoms with Gasteiger partial charge in [-0.05, 0) is 49.6 Å². The van der Waals surface area contributed by atoms with Crippen LogP contribution in [0.4, 0.5) is 5.69 Å². The molecule has 0 aliphatic heterocycles. The molecule has 4 aromatic rings. The largest absolute Gasteiger partial charge is 0.485 e. The molecule has 34 heavy (non-hydrogen) atoms. The number of anilines is 1. The van der Waals surface area contributed by atoms with Crippen LogP contribution in [0.3, 0.4) is 0 Å². The first-order valence-corrected chi connectivity index (χ1v) is 11.1. The molecule has 0 spiro atoms. The molecule has 9 heteroatoms. The van der Waals surface area contributed by atoms with Crippen LogP contribution in [0.2, 0.25) is 0 Å². The van der Waals surface area contributed by atoms with Gasteiger partial charge in [0.2, 0.25) is 0 Å². The van der Waals surface area contributed by atoms with Gasteiger partial charge >= 0.3 is 0 Å². The number of para-hydroxylation sites is 2. The van der Waals surface area contributed by atoms with Gasteiger partial charge in [0, 0.05) is 12.6 Å². The third kappa shape index (κ3) is 5.25. The zero-order chi connectivity index (χ0) is 24.1. The van der Waals surface area contributed by atoms with Gasteiger partial charge in [0.1, 0.15) is 24.4 Å². The molecule has 0 bridgehead atoms. The van der Waals surface area contributed by atoms with Crippen LogP contribution in [-0.4, -0.2) is 31.7 Å². The second-order valence-electron chi connectivity index (χ2n) is 8.00. The van der Waals surface area contributed by atoms with Crippen LogP contribution in [-0.2, 0) is 17.9 Å². The van der Waals surface area contributed by atoms with Gasteiger partial charge < -0.3 is 14.8 Å². The van der Waals surface area contributed by atoms with E-state index in [0.29, 0.717) is 35.2 Å². The summed E-state index contributed by atoms with van der Waals surface area (Å²) >= 11 is 0. The summed E-state index contributed by atoms with van der Waals surface area (Å²) < 4.78 is 14.7. The molecular formula is C25H27N5O4. The Bertz CT molecular complexity index is 1380. The quantitative estimate of drug-likeness (QED) is 0.409. The minimum Gasteiger partial charge on any atom is -0.485 e. The number of carbonyl (C=O) groups excluding carboxylic acids is 1. The van der Waals surface area contributed by atoms with E-state index >= 15 is 0 Å². The molecule has 1 N–H and O–H groups in total. The molecule has 0 aliphatic carbocycles. The smallest absolute Gasteiger partial charge is 0.274 e. The number of fused-ring (bicyclic) bond motifs is 1. The van der Waals surface area contributed by atoms with Crippen molar-refractivity contribution in [2.75, 3.05) is 11.9 Å². The van der Waals surface area contributed by atoms with Crippen molar-refractivity contribution in [3.63, 3.8) is 0 Å². The van der Waals surface area contributed by atoms with E-state index in [4.69, 9.17) is 9.47 Å². The van der Waals surface area contributed by atoms with Gasteiger partial charge in [0.05, 0.1) is 11.4 Å². The van der Waals surface area contributed by atoms with Gasteiger partial charge in [-0.15, -0.1) is 0 Å². The van der Waals surface area contributed by atoms with Crippen molar-refractivity contribution in [1.29, 1.82) is 0 Å². The van der Waals surface area contributed by atoms with Crippen molar-refractivity contribution in [2.45, 2.75) is 40.3 Å². The van der Waals surface area contributed by atoms with Crippen LogP contribution in [0, 0.1) is 13.8 Å². The molecule has 176 valence electrons. The fraction of sp³-hybridized carbons (Fsp3) is 0.280. The molecule has 0 aliphatic rings. The van der Waals surface area contributed by atoms with Crippen molar-refractivity contribution in [2.24, 2.45) is 0 Å². The molecule has 0 fully saturated rings. The minimum absolute atomic E-state index is 0.0538. The number of benzene rings is 2. The molecular weight excluding hydrogens is 434 g/mol. The Labute approximate surface area is 197 Å². The number of hydrogen-bond acceptors (Lipinski definition) is 6. The first-order valence-electron chi connectivity index (χ1n) is 11.1. The SMILES string of the molecule is CCCn1cnc2nc(COc3ccccc3NC(=O)COc3cc(C)ccc3C)cc(=O)n21. The van der Waals surface area contributed by atoms with E-state index < -0.39 is 0 Å². The minimum atomic E-state index is -0.309. The van der Waals surface area contributed by atoms with E-state index in [9.17, 15) is 9.59 Å². The van der Waals surface area contributed by atoms with Gasteiger partial charge in [-0.25, -0.2) is 4.98 Å². The Morgan fingerprint density at radius 2 is 1.88 bits per heavy atom. The standard InChI is InChI=1S/C25H27N5O4/c1-4-11-29-16-26-25-27-19(13-24(32)30(25)29)14-33-21-8-6-5-7-20(21)28-23(31)15-34-22-12-17(2)9-10-18(22)3/h5-10,12-13,16H,4,11,14-15H2,1-3H3,(H,28,31). The van der Waals surface area contributed by atoms with E-state index in [1.165, 1.54) is 10.6 Å². The molecule has 2 heterocycles. The first-order chi connectivity index (χ1) is 16.4. The predicted octanol–water partition coefficient (Wildman–Crippen LogP) is 3.51. The molecule has 0 saturated carbocycles. The molecule has 2 aromatic heterocycles. The summed E-state index contributed by atoms with van der Waals surface area (Å²) in [7, 11) is 0. The number of ether oxygens (including phenoxy) is 2. The van der Waals surface area contributed by atoms with Crippen molar-refractivity contribution in [1.82, 2.24) is 19.2 Å². The van der Waals surface area contributed by atoms with Gasteiger partial charge in [0.25, 0.3) is 17.2 Å². The van der Waals surface area contributed by atoms with E-state index in [-0.39, 0.29) is 24.7 Å². The third-order valence-corrected chi connectivity index (χ3v) is 5.19. The van der Waals surface area contributed by atoms with Crippen molar-refractivity contribution < 1.29 is 14.3 Å². The van der Waals surface area contributed by atoms with Crippen LogP contribution in [0.1, 0.15) is 30.2 Å². The predicted molar refractivity (Wildman–Crippen MR) is 128 cm³/mol. The maximum atomic E-state index is 12.5. The Kier molecular flexibility index (Phi) is 6.91. The Morgan fingerprint density at radius 3 is 2.71 bits per heavy atom. The monoisotopic (exact) mass is 461 g/mol. The lowest BCUT2D eigenvalue weighted by Gasteiger charge is -2.13. The summed E-state index contributed by atoms with van der Waals surface area (Å²) in [6.45, 7) is 6.53. The van der Waals surface area contributed by atoms with Crippen molar-refractivity contribution >= 4 is 17.4 Å². The van der Waals surface area contributed by atoms with Crippen LogP contribution in [0.15, 0.2) is 59.7 Å². The fourth-order valence-corrected chi connectivity index (χ4v) is 3.51. The van der Waals surface area contributed by atoms with Crippen LogP contribution in [0.25, 0.3) is 5.78 Å². The maximum Gasteiger partial charge on any atom is 0.274 e. The van der Waals surface area contributed by atoms with E-state index in [0.717, 1.165) is 17.5 Å². The van der Waals surface area contributed by atoms with Gasteiger partial charge in [-0.1, -0.05) is 31.2 Å². The lowest BCUT2D eigenvalue weighted by Crippen LogP contribution is -2.22. The topological polar surface area (TPSA) is 99.8 Å². The normalized spacial score (nSPS) is 10.9. The Morgan fingerprint density at radius 1 is 1.06 bits per heavy atom. The Hall–Kier alpha value is -4.14. The zero-order valence-electron chi connectivity index (χ0n) is 19.4. The summed E-state index contributed by atoms with van der Waals surface area (Å²) in [5, 5.41) is 2.82. The third-order valence-electron chi connectivity index (χ3n) is 5.19. The molecule has 0 radical (unpaired) electrons. The summed E-state index contributed by atoms with van der Waals surface area (Å²) in [5.41, 5.74) is 2.75. The maximum absolute atomic E-state index is 12.5. The number of nitrogens with one attached hydrogen (secondary N) is 1. The lowest BCUT2D eigenvalue weighted by molar-refractivity contribution is -0.118. The van der Waals surface area contributed by atoms with E-state index in [1.54, 1.807) is 35.3 Å². The van der Waals surface area contributed by atoms with Crippen LogP contribution < -0.4 is 20.3 Å². The number of carbonyl (C=O) groups is 1. The van der Waals surface area contributed by atoms with Gasteiger partial charge in [-0.2, -0.15) is 9.50 Å². The molecule has 0 unspecified atom stereocenters. The van der Waals surface area contributed by atoms with Crippen LogP contribution >= 0.6 is 0 Å². The number of hydrogen-bond donors (Lipinski definition) is 1. The fourth-order valence-electron chi connectivity index (χ4n) is 3.51. The average Bonchev–Trinajstić information content (AvgIpc) is 3.22. The highest BCUT2D eigenvalue weighted by Gasteiger charge is 2.12. The molecule has 0 atom stereocenters. The number of aromatic nitrogens is 4. The van der Waals surface area contributed by atoms with Gasteiger partial charge in [-0.3, -0.25) is 14.3 Å². The van der Waals surface area contributed by atoms with Crippen molar-refractivity contribution in [3.05, 3.63) is 82.0 Å². The number of nitrogens with zero attached hydrogens (tertiary/aromatic N) is 4. The summed E-state index contributed by atoms with van der Waals surface area (Å²) in [6, 6.07) is 14.4. The second-order valence-corrected chi connectivity index (χ2v) is 8.00. The summed E-state index contributed by atoms with van der Waals surface area (Å²) in [4.78, 5) is 33.7. The highest BCUT2D eigenvalue weighted by atomic mass is 16.5. The molecule has 1 amide bonds. The number of rotatable bonds is 9. The highest BCUT2D eigenvalue weighted by Crippen LogP contribution is 2.25. The molecule has 0 saturated heterocycles. The average molecular weight is 462 g/mol. The van der Waals surface area contributed by atoms with Crippen molar-refractivity contribution in [3.8, 4) is 11.5 Å². The Balaban J connectivity index is 1.42. The van der Waals surface area contributed by atoms with Gasteiger partial charge in [0.15, 0.2) is 6.61 Å². The summed E-state index contributed by atoms with van der Waals surface area (Å²) in [6.07, 6.45) is 2.48. The lowest BCUT2D eigenvalue weighted by atomic mass is 10.1. The molecule has 9 nitrogen and oxygen atoms in total. The first kappa shape index (κ1) is 23.0.